The molecule has 1 aliphatic heterocycles. The molecule has 2 N–H and O–H groups in total. The molecule has 6 rings (SSSR count). The molecule has 3 aromatic carbocycles. The molecule has 0 unspecified atom stereocenters. The smallest absolute Gasteiger partial charge is 0.225 e. The lowest BCUT2D eigenvalue weighted by Gasteiger charge is -2.25. The Hall–Kier alpha value is -3.68. The van der Waals surface area contributed by atoms with E-state index in [4.69, 9.17) is 16.6 Å². The first-order valence-electron chi connectivity index (χ1n) is 10.7. The highest BCUT2D eigenvalue weighted by Crippen LogP contribution is 2.37. The number of aromatic nitrogens is 4. The SMILES string of the molecule is Cc1cc(Cl)cc(-c2ccc(-n3c(N=O)c(-c4nc5cc6c(cc5[nH]4)CNC6)n3C)cc2)c1. The summed E-state index contributed by atoms with van der Waals surface area (Å²) in [6, 6.07) is 18.2. The van der Waals surface area contributed by atoms with Crippen molar-refractivity contribution in [3.05, 3.63) is 81.2 Å². The molecule has 7 nitrogen and oxygen atoms in total. The van der Waals surface area contributed by atoms with Gasteiger partial charge in [0.05, 0.1) is 16.7 Å². The Morgan fingerprint density at radius 1 is 1.00 bits per heavy atom. The minimum Gasteiger partial charge on any atom is -0.337 e. The molecule has 0 bridgehead atoms. The van der Waals surface area contributed by atoms with Crippen LogP contribution in [0, 0.1) is 11.8 Å². The summed E-state index contributed by atoms with van der Waals surface area (Å²) in [7, 11) is 1.90. The van der Waals surface area contributed by atoms with Crippen LogP contribution in [0.25, 0.3) is 39.4 Å². The van der Waals surface area contributed by atoms with Gasteiger partial charge in [-0.2, -0.15) is 0 Å². The van der Waals surface area contributed by atoms with E-state index in [-0.39, 0.29) is 0 Å². The molecule has 5 aromatic rings. The highest BCUT2D eigenvalue weighted by molar-refractivity contribution is 6.31. The third kappa shape index (κ3) is 3.20. The van der Waals surface area contributed by atoms with Crippen LogP contribution in [0.15, 0.2) is 59.8 Å². The maximum atomic E-state index is 11.8. The number of fused-ring (bicyclic) bond motifs is 2. The standard InChI is InChI=1S/C25H21ClN6O/c1-14-7-16(9-19(26)8-14)15-3-5-20(6-4-15)32-25(30-33)23(31(32)2)24-28-21-10-17-12-27-13-18(17)11-22(21)29-24/h3-11,27H,12-13H2,1-2H3,(H,28,29). The summed E-state index contributed by atoms with van der Waals surface area (Å²) >= 11 is 6.22. The molecule has 3 heterocycles. The van der Waals surface area contributed by atoms with E-state index >= 15 is 0 Å². The van der Waals surface area contributed by atoms with Crippen molar-refractivity contribution < 1.29 is 0 Å². The number of rotatable bonds is 4. The minimum atomic E-state index is 0.331. The first-order chi connectivity index (χ1) is 16.0. The molecule has 0 aliphatic carbocycles. The Balaban J connectivity index is 1.37. The van der Waals surface area contributed by atoms with Crippen LogP contribution in [0.2, 0.25) is 5.02 Å². The summed E-state index contributed by atoms with van der Waals surface area (Å²) in [5, 5.41) is 7.38. The van der Waals surface area contributed by atoms with Crippen LogP contribution >= 0.6 is 11.6 Å². The highest BCUT2D eigenvalue weighted by atomic mass is 35.5. The summed E-state index contributed by atoms with van der Waals surface area (Å²) in [6.07, 6.45) is 0. The second-order valence-corrected chi connectivity index (χ2v) is 8.93. The number of imidazole rings is 1. The molecule has 0 radical (unpaired) electrons. The lowest BCUT2D eigenvalue weighted by Crippen LogP contribution is -2.21. The third-order valence-corrected chi connectivity index (χ3v) is 6.49. The first-order valence-corrected chi connectivity index (χ1v) is 11.1. The fourth-order valence-electron chi connectivity index (χ4n) is 4.70. The predicted octanol–water partition coefficient (Wildman–Crippen LogP) is 5.99. The van der Waals surface area contributed by atoms with Crippen molar-refractivity contribution >= 4 is 28.5 Å². The van der Waals surface area contributed by atoms with Gasteiger partial charge in [-0.3, -0.25) is 4.68 Å². The first kappa shape index (κ1) is 20.0. The van der Waals surface area contributed by atoms with Crippen LogP contribution in [0.3, 0.4) is 0 Å². The van der Waals surface area contributed by atoms with Gasteiger partial charge in [0, 0.05) is 25.2 Å². The fourth-order valence-corrected chi connectivity index (χ4v) is 4.98. The van der Waals surface area contributed by atoms with E-state index < -0.39 is 0 Å². The van der Waals surface area contributed by atoms with Gasteiger partial charge in [-0.25, -0.2) is 9.67 Å². The molecule has 164 valence electrons. The van der Waals surface area contributed by atoms with Crippen molar-refractivity contribution in [3.63, 3.8) is 0 Å². The van der Waals surface area contributed by atoms with Crippen LogP contribution in [-0.2, 0) is 20.1 Å². The lowest BCUT2D eigenvalue weighted by atomic mass is 10.0. The van der Waals surface area contributed by atoms with Crippen molar-refractivity contribution in [2.24, 2.45) is 12.2 Å². The van der Waals surface area contributed by atoms with E-state index in [9.17, 15) is 4.91 Å². The van der Waals surface area contributed by atoms with E-state index in [1.807, 2.05) is 55.1 Å². The Bertz CT molecular complexity index is 1480. The third-order valence-electron chi connectivity index (χ3n) is 6.27. The molecule has 0 saturated carbocycles. The van der Waals surface area contributed by atoms with Gasteiger partial charge in [0.15, 0.2) is 5.82 Å². The predicted molar refractivity (Wildman–Crippen MR) is 131 cm³/mol. The van der Waals surface area contributed by atoms with Crippen molar-refractivity contribution in [2.45, 2.75) is 20.0 Å². The van der Waals surface area contributed by atoms with Crippen molar-refractivity contribution in [1.29, 1.82) is 0 Å². The van der Waals surface area contributed by atoms with Gasteiger partial charge in [-0.05, 0) is 76.3 Å². The second-order valence-electron chi connectivity index (χ2n) is 8.49. The van der Waals surface area contributed by atoms with Crippen LogP contribution in [-0.4, -0.2) is 19.3 Å². The molecule has 2 aromatic heterocycles. The molecule has 0 atom stereocenters. The van der Waals surface area contributed by atoms with Crippen molar-refractivity contribution in [3.8, 4) is 28.3 Å². The number of hydrogen-bond acceptors (Lipinski definition) is 4. The second kappa shape index (κ2) is 7.43. The fraction of sp³-hybridized carbons (Fsp3) is 0.160. The van der Waals surface area contributed by atoms with Crippen LogP contribution < -0.4 is 5.32 Å². The summed E-state index contributed by atoms with van der Waals surface area (Å²) in [5.41, 5.74) is 9.12. The minimum absolute atomic E-state index is 0.331. The number of nitroso groups, excluding NO2 is 1. The molecule has 0 saturated heterocycles. The maximum absolute atomic E-state index is 11.8. The molecule has 0 amide bonds. The number of aromatic amines is 1. The van der Waals surface area contributed by atoms with E-state index in [2.05, 4.69) is 33.7 Å². The van der Waals surface area contributed by atoms with Gasteiger partial charge < -0.3 is 10.3 Å². The summed E-state index contributed by atoms with van der Waals surface area (Å²) in [6.45, 7) is 3.74. The Kier molecular flexibility index (Phi) is 4.50. The number of H-pyrrole nitrogens is 1. The molecule has 1 aliphatic rings. The topological polar surface area (TPSA) is 80.0 Å². The number of halogens is 1. The number of nitrogens with one attached hydrogen (secondary N) is 2. The number of aryl methyl sites for hydroxylation is 1. The van der Waals surface area contributed by atoms with Crippen molar-refractivity contribution in [1.82, 2.24) is 24.6 Å². The maximum Gasteiger partial charge on any atom is 0.225 e. The zero-order valence-corrected chi connectivity index (χ0v) is 18.9. The quantitative estimate of drug-likeness (QED) is 0.326. The zero-order chi connectivity index (χ0) is 22.7. The summed E-state index contributed by atoms with van der Waals surface area (Å²) in [4.78, 5) is 19.9. The lowest BCUT2D eigenvalue weighted by molar-refractivity contribution is 0.601. The van der Waals surface area contributed by atoms with E-state index in [0.717, 1.165) is 46.5 Å². The average Bonchev–Trinajstić information content (AvgIpc) is 3.41. The molecular formula is C25H21ClN6O. The van der Waals surface area contributed by atoms with Gasteiger partial charge in [-0.1, -0.05) is 29.8 Å². The van der Waals surface area contributed by atoms with Gasteiger partial charge >= 0.3 is 0 Å². The molecule has 8 heteroatoms. The number of nitrogens with zero attached hydrogens (tertiary/aromatic N) is 4. The number of hydrogen-bond donors (Lipinski definition) is 2. The van der Waals surface area contributed by atoms with Crippen LogP contribution in [0.1, 0.15) is 16.7 Å². The normalized spacial score (nSPS) is 13.1. The van der Waals surface area contributed by atoms with E-state index in [1.165, 1.54) is 11.1 Å². The Morgan fingerprint density at radius 3 is 2.48 bits per heavy atom. The van der Waals surface area contributed by atoms with Gasteiger partial charge in [0.1, 0.15) is 5.69 Å². The van der Waals surface area contributed by atoms with Crippen molar-refractivity contribution in [2.75, 3.05) is 0 Å². The molecule has 0 spiro atoms. The highest BCUT2D eigenvalue weighted by Gasteiger charge is 2.25. The summed E-state index contributed by atoms with van der Waals surface area (Å²) < 4.78 is 3.68. The van der Waals surface area contributed by atoms with Gasteiger partial charge in [0.25, 0.3) is 0 Å². The summed E-state index contributed by atoms with van der Waals surface area (Å²) in [5.74, 6) is 0.970. The van der Waals surface area contributed by atoms with Crippen LogP contribution in [0.4, 0.5) is 5.82 Å². The van der Waals surface area contributed by atoms with E-state index in [1.54, 1.807) is 4.68 Å². The molecule has 0 fully saturated rings. The molecule has 33 heavy (non-hydrogen) atoms. The van der Waals surface area contributed by atoms with Crippen LogP contribution in [0.5, 0.6) is 0 Å². The van der Waals surface area contributed by atoms with Gasteiger partial charge in [0.2, 0.25) is 5.82 Å². The Labute approximate surface area is 195 Å². The number of benzene rings is 3. The Morgan fingerprint density at radius 2 is 1.76 bits per heavy atom. The monoisotopic (exact) mass is 456 g/mol. The zero-order valence-electron chi connectivity index (χ0n) is 18.2. The molecular weight excluding hydrogens is 436 g/mol. The largest absolute Gasteiger partial charge is 0.337 e. The van der Waals surface area contributed by atoms with Gasteiger partial charge in [-0.15, -0.1) is 4.91 Å². The average molecular weight is 457 g/mol. The van der Waals surface area contributed by atoms with E-state index in [0.29, 0.717) is 22.4 Å².